The van der Waals surface area contributed by atoms with Crippen LogP contribution in [0.15, 0.2) is 27.8 Å². The lowest BCUT2D eigenvalue weighted by Crippen LogP contribution is -2.43. The molecule has 0 saturated heterocycles. The molecule has 1 N–H and O–H groups in total. The van der Waals surface area contributed by atoms with Gasteiger partial charge in [0.05, 0.1) is 5.03 Å². The highest BCUT2D eigenvalue weighted by atomic mass is 79.9. The Morgan fingerprint density at radius 1 is 1.50 bits per heavy atom. The quantitative estimate of drug-likeness (QED) is 0.900. The highest BCUT2D eigenvalue weighted by Crippen LogP contribution is 2.44. The molecule has 0 aromatic carbocycles. The van der Waals surface area contributed by atoms with Crippen LogP contribution in [0.5, 0.6) is 0 Å². The molecule has 1 aromatic rings. The Hall–Kier alpha value is -0.0600. The van der Waals surface area contributed by atoms with E-state index in [1.807, 2.05) is 18.0 Å². The minimum Gasteiger partial charge on any atom is -0.313 e. The largest absolute Gasteiger partial charge is 0.313 e. The third-order valence-electron chi connectivity index (χ3n) is 3.68. The van der Waals surface area contributed by atoms with Gasteiger partial charge in [0, 0.05) is 22.0 Å². The SMILES string of the molecule is CCNC1C(Sc2ccc(Br)cn2)CCC1(C)C. The summed E-state index contributed by atoms with van der Waals surface area (Å²) in [6, 6.07) is 4.75. The lowest BCUT2D eigenvalue weighted by molar-refractivity contribution is 0.290. The second kappa shape index (κ2) is 5.93. The number of nitrogens with zero attached hydrogens (tertiary/aromatic N) is 1. The van der Waals surface area contributed by atoms with E-state index >= 15 is 0 Å². The van der Waals surface area contributed by atoms with Crippen molar-refractivity contribution in [2.24, 2.45) is 5.41 Å². The molecule has 0 radical (unpaired) electrons. The maximum Gasteiger partial charge on any atom is 0.0963 e. The van der Waals surface area contributed by atoms with Gasteiger partial charge in [-0.2, -0.15) is 0 Å². The molecule has 0 aliphatic heterocycles. The number of aromatic nitrogens is 1. The molecular weight excluding hydrogens is 308 g/mol. The van der Waals surface area contributed by atoms with Gasteiger partial charge in [-0.1, -0.05) is 20.8 Å². The molecule has 100 valence electrons. The van der Waals surface area contributed by atoms with Crippen molar-refractivity contribution in [3.05, 3.63) is 22.8 Å². The molecule has 1 aliphatic rings. The van der Waals surface area contributed by atoms with Crippen LogP contribution < -0.4 is 5.32 Å². The average Bonchev–Trinajstić information content (AvgIpc) is 2.60. The van der Waals surface area contributed by atoms with Gasteiger partial charge in [0.25, 0.3) is 0 Å². The third kappa shape index (κ3) is 3.28. The van der Waals surface area contributed by atoms with Crippen molar-refractivity contribution in [2.45, 2.75) is 49.9 Å². The maximum atomic E-state index is 4.47. The van der Waals surface area contributed by atoms with Gasteiger partial charge < -0.3 is 5.32 Å². The molecular formula is C14H21BrN2S. The van der Waals surface area contributed by atoms with E-state index in [-0.39, 0.29) is 0 Å². The number of rotatable bonds is 4. The molecule has 18 heavy (non-hydrogen) atoms. The molecule has 2 unspecified atom stereocenters. The van der Waals surface area contributed by atoms with Crippen LogP contribution >= 0.6 is 27.7 Å². The minimum absolute atomic E-state index is 0.392. The average molecular weight is 329 g/mol. The molecule has 1 heterocycles. The fraction of sp³-hybridized carbons (Fsp3) is 0.643. The van der Waals surface area contributed by atoms with Crippen LogP contribution in [-0.4, -0.2) is 22.8 Å². The molecule has 1 fully saturated rings. The van der Waals surface area contributed by atoms with E-state index in [1.54, 1.807) is 0 Å². The molecule has 0 amide bonds. The van der Waals surface area contributed by atoms with Crippen molar-refractivity contribution in [3.8, 4) is 0 Å². The Bertz CT molecular complexity index is 391. The molecule has 2 atom stereocenters. The maximum absolute atomic E-state index is 4.47. The first-order chi connectivity index (χ1) is 8.53. The van der Waals surface area contributed by atoms with Gasteiger partial charge in [0.15, 0.2) is 0 Å². The predicted molar refractivity (Wildman–Crippen MR) is 82.1 cm³/mol. The molecule has 0 spiro atoms. The van der Waals surface area contributed by atoms with Crippen molar-refractivity contribution >= 4 is 27.7 Å². The van der Waals surface area contributed by atoms with E-state index in [0.29, 0.717) is 16.7 Å². The van der Waals surface area contributed by atoms with E-state index in [4.69, 9.17) is 0 Å². The molecule has 0 bridgehead atoms. The van der Waals surface area contributed by atoms with Crippen LogP contribution in [0.4, 0.5) is 0 Å². The summed E-state index contributed by atoms with van der Waals surface area (Å²) in [5, 5.41) is 5.42. The molecule has 1 aromatic heterocycles. The van der Waals surface area contributed by atoms with Crippen molar-refractivity contribution < 1.29 is 0 Å². The van der Waals surface area contributed by atoms with Gasteiger partial charge in [-0.05, 0) is 52.9 Å². The summed E-state index contributed by atoms with van der Waals surface area (Å²) in [5.74, 6) is 0. The van der Waals surface area contributed by atoms with E-state index in [1.165, 1.54) is 12.8 Å². The van der Waals surface area contributed by atoms with Crippen LogP contribution in [0.2, 0.25) is 0 Å². The fourth-order valence-corrected chi connectivity index (χ4v) is 4.32. The molecule has 1 aliphatic carbocycles. The summed E-state index contributed by atoms with van der Waals surface area (Å²) >= 11 is 5.34. The summed E-state index contributed by atoms with van der Waals surface area (Å²) in [4.78, 5) is 4.47. The van der Waals surface area contributed by atoms with Crippen LogP contribution in [0.25, 0.3) is 0 Å². The van der Waals surface area contributed by atoms with Gasteiger partial charge >= 0.3 is 0 Å². The number of hydrogen-bond donors (Lipinski definition) is 1. The second-order valence-electron chi connectivity index (χ2n) is 5.53. The number of nitrogens with one attached hydrogen (secondary N) is 1. The first-order valence-electron chi connectivity index (χ1n) is 6.54. The van der Waals surface area contributed by atoms with Crippen molar-refractivity contribution in [1.82, 2.24) is 10.3 Å². The first-order valence-corrected chi connectivity index (χ1v) is 8.22. The van der Waals surface area contributed by atoms with E-state index < -0.39 is 0 Å². The lowest BCUT2D eigenvalue weighted by atomic mass is 9.87. The zero-order valence-electron chi connectivity index (χ0n) is 11.2. The predicted octanol–water partition coefficient (Wildman–Crippen LogP) is 4.10. The van der Waals surface area contributed by atoms with Gasteiger partial charge in [0.1, 0.15) is 0 Å². The van der Waals surface area contributed by atoms with Crippen molar-refractivity contribution in [3.63, 3.8) is 0 Å². The highest BCUT2D eigenvalue weighted by molar-refractivity contribution is 9.10. The van der Waals surface area contributed by atoms with Gasteiger partial charge in [-0.25, -0.2) is 4.98 Å². The first kappa shape index (κ1) is 14.4. The zero-order valence-corrected chi connectivity index (χ0v) is 13.6. The number of hydrogen-bond acceptors (Lipinski definition) is 3. The fourth-order valence-electron chi connectivity index (χ4n) is 2.68. The highest BCUT2D eigenvalue weighted by Gasteiger charge is 2.41. The topological polar surface area (TPSA) is 24.9 Å². The molecule has 2 rings (SSSR count). The van der Waals surface area contributed by atoms with E-state index in [2.05, 4.69) is 59.1 Å². The molecule has 2 nitrogen and oxygen atoms in total. The Labute approximate surface area is 122 Å². The summed E-state index contributed by atoms with van der Waals surface area (Å²) < 4.78 is 1.04. The van der Waals surface area contributed by atoms with Gasteiger partial charge in [0.2, 0.25) is 0 Å². The zero-order chi connectivity index (χ0) is 13.2. The monoisotopic (exact) mass is 328 g/mol. The standard InChI is InChI=1S/C14H21BrN2S/c1-4-16-13-11(7-8-14(13,2)3)18-12-6-5-10(15)9-17-12/h5-6,9,11,13,16H,4,7-8H2,1-3H3. The van der Waals surface area contributed by atoms with Crippen LogP contribution in [0.3, 0.4) is 0 Å². The summed E-state index contributed by atoms with van der Waals surface area (Å²) in [6.07, 6.45) is 4.44. The van der Waals surface area contributed by atoms with Gasteiger partial charge in [-0.15, -0.1) is 11.8 Å². The van der Waals surface area contributed by atoms with E-state index in [0.717, 1.165) is 16.0 Å². The van der Waals surface area contributed by atoms with Crippen LogP contribution in [0.1, 0.15) is 33.6 Å². The minimum atomic E-state index is 0.392. The Balaban J connectivity index is 2.06. The number of thioether (sulfide) groups is 1. The Kier molecular flexibility index (Phi) is 4.73. The lowest BCUT2D eigenvalue weighted by Gasteiger charge is -2.31. The summed E-state index contributed by atoms with van der Waals surface area (Å²) in [7, 11) is 0. The summed E-state index contributed by atoms with van der Waals surface area (Å²) in [5.41, 5.74) is 0.392. The van der Waals surface area contributed by atoms with Crippen molar-refractivity contribution in [2.75, 3.05) is 6.54 Å². The normalized spacial score (nSPS) is 26.4. The number of halogens is 1. The smallest absolute Gasteiger partial charge is 0.0963 e. The second-order valence-corrected chi connectivity index (χ2v) is 7.71. The Morgan fingerprint density at radius 2 is 2.28 bits per heavy atom. The third-order valence-corrected chi connectivity index (χ3v) is 5.45. The van der Waals surface area contributed by atoms with E-state index in [9.17, 15) is 0 Å². The van der Waals surface area contributed by atoms with Gasteiger partial charge in [-0.3, -0.25) is 0 Å². The van der Waals surface area contributed by atoms with Crippen molar-refractivity contribution in [1.29, 1.82) is 0 Å². The molecule has 1 saturated carbocycles. The number of pyridine rings is 1. The van der Waals surface area contributed by atoms with Crippen LogP contribution in [0, 0.1) is 5.41 Å². The molecule has 4 heteroatoms. The Morgan fingerprint density at radius 3 is 2.89 bits per heavy atom. The van der Waals surface area contributed by atoms with Crippen LogP contribution in [-0.2, 0) is 0 Å². The summed E-state index contributed by atoms with van der Waals surface area (Å²) in [6.45, 7) is 7.97.